The van der Waals surface area contributed by atoms with E-state index in [9.17, 15) is 9.59 Å². The molecular formula is C17H17NO4. The third-order valence-electron chi connectivity index (χ3n) is 3.09. The Morgan fingerprint density at radius 3 is 2.18 bits per heavy atom. The molecular weight excluding hydrogens is 282 g/mol. The average Bonchev–Trinajstić information content (AvgIpc) is 2.50. The number of aliphatic carboxylic acids is 1. The summed E-state index contributed by atoms with van der Waals surface area (Å²) in [6.07, 6.45) is -0.938. The van der Waals surface area contributed by atoms with Gasteiger partial charge >= 0.3 is 5.97 Å². The van der Waals surface area contributed by atoms with Gasteiger partial charge in [-0.2, -0.15) is 0 Å². The van der Waals surface area contributed by atoms with E-state index in [1.54, 1.807) is 24.3 Å². The summed E-state index contributed by atoms with van der Waals surface area (Å²) in [5, 5.41) is 11.6. The van der Waals surface area contributed by atoms with E-state index < -0.39 is 12.1 Å². The lowest BCUT2D eigenvalue weighted by Gasteiger charge is -2.11. The van der Waals surface area contributed by atoms with Crippen molar-refractivity contribution in [1.82, 2.24) is 0 Å². The van der Waals surface area contributed by atoms with Crippen LogP contribution in [0.15, 0.2) is 48.5 Å². The van der Waals surface area contributed by atoms with E-state index >= 15 is 0 Å². The number of benzene rings is 2. The van der Waals surface area contributed by atoms with Crippen molar-refractivity contribution in [3.63, 3.8) is 0 Å². The van der Waals surface area contributed by atoms with Crippen LogP contribution in [0.4, 0.5) is 5.69 Å². The topological polar surface area (TPSA) is 75.6 Å². The van der Waals surface area contributed by atoms with Crippen LogP contribution in [0.25, 0.3) is 0 Å². The number of carbonyl (C=O) groups is 2. The lowest BCUT2D eigenvalue weighted by atomic mass is 10.2. The summed E-state index contributed by atoms with van der Waals surface area (Å²) in [7, 11) is 0. The van der Waals surface area contributed by atoms with Gasteiger partial charge in [0.05, 0.1) is 0 Å². The lowest BCUT2D eigenvalue weighted by Crippen LogP contribution is -2.22. The summed E-state index contributed by atoms with van der Waals surface area (Å²) >= 11 is 0. The van der Waals surface area contributed by atoms with Crippen molar-refractivity contribution < 1.29 is 19.4 Å². The SMILES string of the molecule is Cc1ccc(NC(=O)c2ccc(O[C@@H](C)C(=O)O)cc2)cc1. The number of amides is 1. The Balaban J connectivity index is 2.01. The molecule has 22 heavy (non-hydrogen) atoms. The number of anilines is 1. The molecule has 0 saturated carbocycles. The molecule has 0 unspecified atom stereocenters. The molecule has 0 bridgehead atoms. The largest absolute Gasteiger partial charge is 0.479 e. The molecule has 2 aromatic carbocycles. The average molecular weight is 299 g/mol. The molecule has 0 aromatic heterocycles. The number of rotatable bonds is 5. The van der Waals surface area contributed by atoms with Crippen LogP contribution < -0.4 is 10.1 Å². The molecule has 2 N–H and O–H groups in total. The van der Waals surface area contributed by atoms with E-state index in [4.69, 9.17) is 9.84 Å². The minimum absolute atomic E-state index is 0.235. The number of carbonyl (C=O) groups excluding carboxylic acids is 1. The number of aryl methyl sites for hydroxylation is 1. The van der Waals surface area contributed by atoms with Gasteiger partial charge in [-0.1, -0.05) is 17.7 Å². The smallest absolute Gasteiger partial charge is 0.344 e. The summed E-state index contributed by atoms with van der Waals surface area (Å²) in [5.74, 6) is -0.871. The lowest BCUT2D eigenvalue weighted by molar-refractivity contribution is -0.144. The van der Waals surface area contributed by atoms with E-state index in [1.165, 1.54) is 6.92 Å². The third kappa shape index (κ3) is 4.09. The first-order valence-electron chi connectivity index (χ1n) is 6.83. The minimum atomic E-state index is -1.04. The van der Waals surface area contributed by atoms with Crippen LogP contribution >= 0.6 is 0 Å². The number of hydrogen-bond donors (Lipinski definition) is 2. The number of carboxylic acids is 1. The summed E-state index contributed by atoms with van der Waals surface area (Å²) in [5.41, 5.74) is 2.30. The summed E-state index contributed by atoms with van der Waals surface area (Å²) in [6.45, 7) is 3.42. The highest BCUT2D eigenvalue weighted by Crippen LogP contribution is 2.16. The van der Waals surface area contributed by atoms with Gasteiger partial charge in [-0.3, -0.25) is 4.79 Å². The number of nitrogens with one attached hydrogen (secondary N) is 1. The van der Waals surface area contributed by atoms with E-state index in [1.807, 2.05) is 31.2 Å². The monoisotopic (exact) mass is 299 g/mol. The fourth-order valence-corrected chi connectivity index (χ4v) is 1.78. The first kappa shape index (κ1) is 15.6. The molecule has 0 aliphatic heterocycles. The van der Waals surface area contributed by atoms with Gasteiger partial charge in [0.25, 0.3) is 5.91 Å². The van der Waals surface area contributed by atoms with Gasteiger partial charge < -0.3 is 15.2 Å². The Kier molecular flexibility index (Phi) is 4.78. The Hall–Kier alpha value is -2.82. The molecule has 0 fully saturated rings. The summed E-state index contributed by atoms with van der Waals surface area (Å²) in [6, 6.07) is 13.8. The number of hydrogen-bond acceptors (Lipinski definition) is 3. The molecule has 1 atom stereocenters. The Morgan fingerprint density at radius 2 is 1.64 bits per heavy atom. The van der Waals surface area contributed by atoms with Crippen LogP contribution in [0.3, 0.4) is 0 Å². The first-order chi connectivity index (χ1) is 10.5. The second-order valence-corrected chi connectivity index (χ2v) is 4.94. The van der Waals surface area contributed by atoms with Crippen LogP contribution in [-0.4, -0.2) is 23.1 Å². The quantitative estimate of drug-likeness (QED) is 0.889. The Morgan fingerprint density at radius 1 is 1.05 bits per heavy atom. The molecule has 114 valence electrons. The van der Waals surface area contributed by atoms with Crippen molar-refractivity contribution in [3.05, 3.63) is 59.7 Å². The summed E-state index contributed by atoms with van der Waals surface area (Å²) < 4.78 is 5.21. The van der Waals surface area contributed by atoms with Crippen LogP contribution in [-0.2, 0) is 4.79 Å². The van der Waals surface area contributed by atoms with Crippen molar-refractivity contribution in [2.45, 2.75) is 20.0 Å². The van der Waals surface area contributed by atoms with Gasteiger partial charge in [0.1, 0.15) is 5.75 Å². The van der Waals surface area contributed by atoms with Gasteiger partial charge in [0.2, 0.25) is 0 Å². The van der Waals surface area contributed by atoms with Gasteiger partial charge in [0, 0.05) is 11.3 Å². The Bertz CT molecular complexity index is 662. The normalized spacial score (nSPS) is 11.5. The zero-order valence-electron chi connectivity index (χ0n) is 12.4. The molecule has 0 spiro atoms. The maximum absolute atomic E-state index is 12.1. The molecule has 0 radical (unpaired) electrons. The minimum Gasteiger partial charge on any atom is -0.479 e. The van der Waals surface area contributed by atoms with E-state index in [0.29, 0.717) is 11.3 Å². The molecule has 0 aliphatic carbocycles. The van der Waals surface area contributed by atoms with Crippen molar-refractivity contribution in [1.29, 1.82) is 0 Å². The summed E-state index contributed by atoms with van der Waals surface area (Å²) in [4.78, 5) is 22.8. The number of carboxylic acid groups (broad SMARTS) is 1. The second kappa shape index (κ2) is 6.76. The van der Waals surface area contributed by atoms with E-state index in [2.05, 4.69) is 5.32 Å². The zero-order valence-corrected chi connectivity index (χ0v) is 12.4. The molecule has 0 aliphatic rings. The zero-order chi connectivity index (χ0) is 16.1. The highest BCUT2D eigenvalue weighted by atomic mass is 16.5. The third-order valence-corrected chi connectivity index (χ3v) is 3.09. The highest BCUT2D eigenvalue weighted by molar-refractivity contribution is 6.04. The fraction of sp³-hybridized carbons (Fsp3) is 0.176. The van der Waals surface area contributed by atoms with E-state index in [-0.39, 0.29) is 5.91 Å². The van der Waals surface area contributed by atoms with Gasteiger partial charge in [-0.15, -0.1) is 0 Å². The predicted molar refractivity (Wildman–Crippen MR) is 83.3 cm³/mol. The molecule has 2 rings (SSSR count). The van der Waals surface area contributed by atoms with Crippen LogP contribution in [0.2, 0.25) is 0 Å². The van der Waals surface area contributed by atoms with Gasteiger partial charge in [-0.05, 0) is 50.2 Å². The second-order valence-electron chi connectivity index (χ2n) is 4.94. The molecule has 0 saturated heterocycles. The standard InChI is InChI=1S/C17H17NO4/c1-11-3-7-14(8-4-11)18-16(19)13-5-9-15(10-6-13)22-12(2)17(20)21/h3-10,12H,1-2H3,(H,18,19)(H,20,21)/t12-/m0/s1. The van der Waals surface area contributed by atoms with Gasteiger partial charge in [-0.25, -0.2) is 4.79 Å². The van der Waals surface area contributed by atoms with Gasteiger partial charge in [0.15, 0.2) is 6.10 Å². The molecule has 2 aromatic rings. The molecule has 5 heteroatoms. The highest BCUT2D eigenvalue weighted by Gasteiger charge is 2.13. The van der Waals surface area contributed by atoms with Crippen molar-refractivity contribution in [3.8, 4) is 5.75 Å². The number of ether oxygens (including phenoxy) is 1. The van der Waals surface area contributed by atoms with Crippen LogP contribution in [0.1, 0.15) is 22.8 Å². The van der Waals surface area contributed by atoms with Crippen LogP contribution in [0.5, 0.6) is 5.75 Å². The molecule has 5 nitrogen and oxygen atoms in total. The van der Waals surface area contributed by atoms with Crippen molar-refractivity contribution >= 4 is 17.6 Å². The van der Waals surface area contributed by atoms with Crippen molar-refractivity contribution in [2.75, 3.05) is 5.32 Å². The Labute approximate surface area is 128 Å². The molecule has 0 heterocycles. The molecule has 1 amide bonds. The van der Waals surface area contributed by atoms with Crippen molar-refractivity contribution in [2.24, 2.45) is 0 Å². The maximum atomic E-state index is 12.1. The van der Waals surface area contributed by atoms with Crippen LogP contribution in [0, 0.1) is 6.92 Å². The van der Waals surface area contributed by atoms with E-state index in [0.717, 1.165) is 11.3 Å². The first-order valence-corrected chi connectivity index (χ1v) is 6.83. The fourth-order valence-electron chi connectivity index (χ4n) is 1.78. The maximum Gasteiger partial charge on any atom is 0.344 e. The predicted octanol–water partition coefficient (Wildman–Crippen LogP) is 3.10.